The topological polar surface area (TPSA) is 20.2 Å². The van der Waals surface area contributed by atoms with E-state index in [1.165, 1.54) is 18.4 Å². The summed E-state index contributed by atoms with van der Waals surface area (Å²) < 4.78 is 0. The molecular weight excluding hydrogens is 160 g/mol. The van der Waals surface area contributed by atoms with E-state index >= 15 is 0 Å². The summed E-state index contributed by atoms with van der Waals surface area (Å²) in [5.74, 6) is 1.64. The lowest BCUT2D eigenvalue weighted by Crippen LogP contribution is -1.91. The fourth-order valence-corrected chi connectivity index (χ4v) is 2.00. The Hall–Kier alpha value is -0.820. The Morgan fingerprint density at radius 3 is 2.62 bits per heavy atom. The van der Waals surface area contributed by atoms with E-state index in [0.717, 1.165) is 18.3 Å². The average Bonchev–Trinajstić information content (AvgIpc) is 2.86. The SMILES string of the molecule is OCC[C@H]1C[C@@H]1Cc1ccccc1. The molecule has 1 aliphatic rings. The lowest BCUT2D eigenvalue weighted by Gasteiger charge is -1.99. The van der Waals surface area contributed by atoms with Gasteiger partial charge in [0.25, 0.3) is 0 Å². The van der Waals surface area contributed by atoms with Crippen molar-refractivity contribution in [2.45, 2.75) is 19.3 Å². The van der Waals surface area contributed by atoms with Crippen LogP contribution in [0.25, 0.3) is 0 Å². The number of hydrogen-bond donors (Lipinski definition) is 1. The molecule has 0 spiro atoms. The van der Waals surface area contributed by atoms with Gasteiger partial charge < -0.3 is 5.11 Å². The van der Waals surface area contributed by atoms with Crippen LogP contribution in [0.2, 0.25) is 0 Å². The molecule has 0 aromatic heterocycles. The van der Waals surface area contributed by atoms with Crippen LogP contribution in [0.5, 0.6) is 0 Å². The molecule has 1 nitrogen and oxygen atoms in total. The first kappa shape index (κ1) is 8.76. The highest BCUT2D eigenvalue weighted by atomic mass is 16.3. The van der Waals surface area contributed by atoms with E-state index in [-0.39, 0.29) is 0 Å². The first-order chi connectivity index (χ1) is 6.40. The van der Waals surface area contributed by atoms with Crippen molar-refractivity contribution >= 4 is 0 Å². The van der Waals surface area contributed by atoms with Crippen LogP contribution in [0.4, 0.5) is 0 Å². The summed E-state index contributed by atoms with van der Waals surface area (Å²) in [6.07, 6.45) is 3.51. The van der Waals surface area contributed by atoms with Crippen molar-refractivity contribution in [3.63, 3.8) is 0 Å². The molecule has 1 aliphatic carbocycles. The monoisotopic (exact) mass is 176 g/mol. The van der Waals surface area contributed by atoms with E-state index in [0.29, 0.717) is 6.61 Å². The highest BCUT2D eigenvalue weighted by Crippen LogP contribution is 2.43. The van der Waals surface area contributed by atoms with E-state index in [4.69, 9.17) is 5.11 Å². The van der Waals surface area contributed by atoms with Gasteiger partial charge in [-0.15, -0.1) is 0 Å². The third-order valence-corrected chi connectivity index (χ3v) is 2.91. The maximum absolute atomic E-state index is 8.76. The fourth-order valence-electron chi connectivity index (χ4n) is 2.00. The van der Waals surface area contributed by atoms with Gasteiger partial charge in [0.05, 0.1) is 0 Å². The average molecular weight is 176 g/mol. The molecular formula is C12H16O. The maximum Gasteiger partial charge on any atom is 0.0433 e. The molecule has 0 radical (unpaired) electrons. The van der Waals surface area contributed by atoms with Gasteiger partial charge in [0, 0.05) is 6.61 Å². The van der Waals surface area contributed by atoms with Crippen LogP contribution in [0.15, 0.2) is 30.3 Å². The van der Waals surface area contributed by atoms with Crippen LogP contribution in [0, 0.1) is 11.8 Å². The molecule has 1 aromatic carbocycles. The van der Waals surface area contributed by atoms with E-state index in [1.807, 2.05) is 0 Å². The molecule has 13 heavy (non-hydrogen) atoms. The second kappa shape index (κ2) is 3.93. The van der Waals surface area contributed by atoms with Gasteiger partial charge in [0.15, 0.2) is 0 Å². The lowest BCUT2D eigenvalue weighted by molar-refractivity contribution is 0.277. The van der Waals surface area contributed by atoms with Crippen LogP contribution in [-0.2, 0) is 6.42 Å². The van der Waals surface area contributed by atoms with E-state index in [1.54, 1.807) is 0 Å². The first-order valence-corrected chi connectivity index (χ1v) is 5.05. The molecule has 1 saturated carbocycles. The van der Waals surface area contributed by atoms with Gasteiger partial charge in [0.1, 0.15) is 0 Å². The van der Waals surface area contributed by atoms with Gasteiger partial charge >= 0.3 is 0 Å². The highest BCUT2D eigenvalue weighted by molar-refractivity contribution is 5.16. The molecule has 0 heterocycles. The number of benzene rings is 1. The summed E-state index contributed by atoms with van der Waals surface area (Å²) in [5.41, 5.74) is 1.44. The minimum atomic E-state index is 0.357. The van der Waals surface area contributed by atoms with Gasteiger partial charge in [0.2, 0.25) is 0 Å². The molecule has 1 aromatic rings. The molecule has 2 atom stereocenters. The molecule has 0 saturated heterocycles. The Morgan fingerprint density at radius 2 is 1.92 bits per heavy atom. The number of aliphatic hydroxyl groups excluding tert-OH is 1. The molecule has 0 amide bonds. The summed E-state index contributed by atoms with van der Waals surface area (Å²) in [4.78, 5) is 0. The summed E-state index contributed by atoms with van der Waals surface area (Å²) in [5, 5.41) is 8.76. The first-order valence-electron chi connectivity index (χ1n) is 5.05. The second-order valence-corrected chi connectivity index (χ2v) is 3.96. The summed E-state index contributed by atoms with van der Waals surface area (Å²) >= 11 is 0. The smallest absolute Gasteiger partial charge is 0.0433 e. The van der Waals surface area contributed by atoms with Crippen LogP contribution < -0.4 is 0 Å². The fraction of sp³-hybridized carbons (Fsp3) is 0.500. The van der Waals surface area contributed by atoms with Crippen molar-refractivity contribution in [2.24, 2.45) is 11.8 Å². The number of aliphatic hydroxyl groups is 1. The van der Waals surface area contributed by atoms with E-state index in [9.17, 15) is 0 Å². The molecule has 2 rings (SSSR count). The zero-order chi connectivity index (χ0) is 9.10. The highest BCUT2D eigenvalue weighted by Gasteiger charge is 2.35. The van der Waals surface area contributed by atoms with Crippen molar-refractivity contribution in [2.75, 3.05) is 6.61 Å². The summed E-state index contributed by atoms with van der Waals surface area (Å²) in [6, 6.07) is 10.6. The minimum Gasteiger partial charge on any atom is -0.396 e. The van der Waals surface area contributed by atoms with Gasteiger partial charge in [-0.05, 0) is 36.7 Å². The molecule has 0 bridgehead atoms. The predicted molar refractivity (Wildman–Crippen MR) is 53.4 cm³/mol. The molecule has 1 N–H and O–H groups in total. The van der Waals surface area contributed by atoms with Crippen LogP contribution in [0.3, 0.4) is 0 Å². The number of rotatable bonds is 4. The van der Waals surface area contributed by atoms with E-state index < -0.39 is 0 Å². The quantitative estimate of drug-likeness (QED) is 0.746. The van der Waals surface area contributed by atoms with Gasteiger partial charge in [-0.2, -0.15) is 0 Å². The minimum absolute atomic E-state index is 0.357. The lowest BCUT2D eigenvalue weighted by atomic mass is 10.1. The van der Waals surface area contributed by atoms with Crippen molar-refractivity contribution in [1.82, 2.24) is 0 Å². The normalized spacial score (nSPS) is 25.9. The predicted octanol–water partition coefficient (Wildman–Crippen LogP) is 2.25. The summed E-state index contributed by atoms with van der Waals surface area (Å²) in [6.45, 7) is 0.357. The zero-order valence-corrected chi connectivity index (χ0v) is 7.82. The Balaban J connectivity index is 1.81. The second-order valence-electron chi connectivity index (χ2n) is 3.96. The van der Waals surface area contributed by atoms with Crippen LogP contribution in [0.1, 0.15) is 18.4 Å². The molecule has 1 heteroatoms. The van der Waals surface area contributed by atoms with Gasteiger partial charge in [-0.25, -0.2) is 0 Å². The van der Waals surface area contributed by atoms with Crippen LogP contribution in [-0.4, -0.2) is 11.7 Å². The van der Waals surface area contributed by atoms with E-state index in [2.05, 4.69) is 30.3 Å². The summed E-state index contributed by atoms with van der Waals surface area (Å²) in [7, 11) is 0. The van der Waals surface area contributed by atoms with Crippen LogP contribution >= 0.6 is 0 Å². The Labute approximate surface area is 79.4 Å². The van der Waals surface area contributed by atoms with Crippen molar-refractivity contribution in [3.05, 3.63) is 35.9 Å². The Morgan fingerprint density at radius 1 is 1.15 bits per heavy atom. The Bertz CT molecular complexity index is 255. The zero-order valence-electron chi connectivity index (χ0n) is 7.82. The Kier molecular flexibility index (Phi) is 2.65. The standard InChI is InChI=1S/C12H16O/c13-7-6-11-9-12(11)8-10-4-2-1-3-5-10/h1-5,11-13H,6-9H2/t11-,12-/m0/s1. The molecule has 70 valence electrons. The third-order valence-electron chi connectivity index (χ3n) is 2.91. The van der Waals surface area contributed by atoms with Crippen molar-refractivity contribution < 1.29 is 5.11 Å². The van der Waals surface area contributed by atoms with Gasteiger partial charge in [-0.1, -0.05) is 30.3 Å². The van der Waals surface area contributed by atoms with Gasteiger partial charge in [-0.3, -0.25) is 0 Å². The maximum atomic E-state index is 8.76. The largest absolute Gasteiger partial charge is 0.396 e. The molecule has 0 unspecified atom stereocenters. The molecule has 0 aliphatic heterocycles. The number of hydrogen-bond acceptors (Lipinski definition) is 1. The molecule has 1 fully saturated rings. The van der Waals surface area contributed by atoms with Crippen molar-refractivity contribution in [1.29, 1.82) is 0 Å². The third kappa shape index (κ3) is 2.31. The van der Waals surface area contributed by atoms with Crippen molar-refractivity contribution in [3.8, 4) is 0 Å².